The zero-order valence-corrected chi connectivity index (χ0v) is 13.5. The maximum atomic E-state index is 5.93. The Kier molecular flexibility index (Phi) is 5.96. The fourth-order valence-corrected chi connectivity index (χ4v) is 3.19. The van der Waals surface area contributed by atoms with Crippen LogP contribution >= 0.6 is 23.4 Å². The summed E-state index contributed by atoms with van der Waals surface area (Å²) >= 11 is 7.72. The molecule has 2 aromatic carbocycles. The van der Waals surface area contributed by atoms with Crippen molar-refractivity contribution in [2.75, 3.05) is 6.54 Å². The second kappa shape index (κ2) is 7.72. The van der Waals surface area contributed by atoms with Crippen molar-refractivity contribution < 1.29 is 0 Å². The summed E-state index contributed by atoms with van der Waals surface area (Å²) in [6.45, 7) is 5.45. The number of nitrogens with one attached hydrogen (secondary N) is 1. The number of hydrogen-bond acceptors (Lipinski definition) is 2. The summed E-state index contributed by atoms with van der Waals surface area (Å²) in [7, 11) is 0. The molecule has 0 aromatic heterocycles. The smallest absolute Gasteiger partial charge is 0.0406 e. The summed E-state index contributed by atoms with van der Waals surface area (Å²) in [6, 6.07) is 16.9. The fraction of sp³-hybridized carbons (Fsp3) is 0.294. The molecule has 0 saturated carbocycles. The average molecular weight is 306 g/mol. The van der Waals surface area contributed by atoms with Gasteiger partial charge < -0.3 is 5.32 Å². The molecule has 2 rings (SSSR count). The van der Waals surface area contributed by atoms with Crippen LogP contribution in [0.5, 0.6) is 0 Å². The Balaban J connectivity index is 2.17. The van der Waals surface area contributed by atoms with Crippen molar-refractivity contribution in [1.29, 1.82) is 0 Å². The lowest BCUT2D eigenvalue weighted by Gasteiger charge is -2.17. The number of hydrogen-bond donors (Lipinski definition) is 1. The van der Waals surface area contributed by atoms with E-state index in [9.17, 15) is 0 Å². The van der Waals surface area contributed by atoms with Gasteiger partial charge in [0.2, 0.25) is 0 Å². The molecule has 1 atom stereocenters. The highest BCUT2D eigenvalue weighted by Gasteiger charge is 2.10. The molecular formula is C17H20ClNS. The van der Waals surface area contributed by atoms with E-state index >= 15 is 0 Å². The molecule has 106 valence electrons. The van der Waals surface area contributed by atoms with Gasteiger partial charge in [-0.3, -0.25) is 0 Å². The molecule has 0 aliphatic heterocycles. The van der Waals surface area contributed by atoms with Crippen LogP contribution in [0.25, 0.3) is 0 Å². The zero-order chi connectivity index (χ0) is 14.4. The van der Waals surface area contributed by atoms with Crippen molar-refractivity contribution in [3.63, 3.8) is 0 Å². The van der Waals surface area contributed by atoms with Gasteiger partial charge in [0.1, 0.15) is 0 Å². The fourth-order valence-electron chi connectivity index (χ4n) is 2.03. The Morgan fingerprint density at radius 2 is 1.80 bits per heavy atom. The summed E-state index contributed by atoms with van der Waals surface area (Å²) in [5.41, 5.74) is 1.35. The largest absolute Gasteiger partial charge is 0.310 e. The Hall–Kier alpha value is -0.960. The summed E-state index contributed by atoms with van der Waals surface area (Å²) in [6.07, 6.45) is 1.15. The maximum absolute atomic E-state index is 5.93. The molecule has 0 saturated heterocycles. The Bertz CT molecular complexity index is 539. The minimum absolute atomic E-state index is 0.367. The molecule has 0 heterocycles. The van der Waals surface area contributed by atoms with E-state index in [4.69, 9.17) is 11.6 Å². The normalized spacial score (nSPS) is 12.3. The van der Waals surface area contributed by atoms with Gasteiger partial charge in [0.15, 0.2) is 0 Å². The molecule has 1 N–H and O–H groups in total. The third kappa shape index (κ3) is 4.27. The molecule has 3 heteroatoms. The molecular weight excluding hydrogens is 286 g/mol. The Morgan fingerprint density at radius 3 is 2.50 bits per heavy atom. The van der Waals surface area contributed by atoms with Crippen LogP contribution in [0.1, 0.15) is 31.9 Å². The van der Waals surface area contributed by atoms with Crippen LogP contribution in [0.15, 0.2) is 58.3 Å². The first kappa shape index (κ1) is 15.4. The summed E-state index contributed by atoms with van der Waals surface area (Å²) in [5, 5.41) is 4.33. The third-order valence-corrected chi connectivity index (χ3v) is 4.48. The monoisotopic (exact) mass is 305 g/mol. The van der Waals surface area contributed by atoms with Crippen LogP contribution in [0.3, 0.4) is 0 Å². The van der Waals surface area contributed by atoms with Crippen LogP contribution in [-0.2, 0) is 0 Å². The first-order valence-electron chi connectivity index (χ1n) is 6.96. The molecule has 1 nitrogen and oxygen atoms in total. The van der Waals surface area contributed by atoms with Crippen LogP contribution in [-0.4, -0.2) is 6.54 Å². The van der Waals surface area contributed by atoms with E-state index in [-0.39, 0.29) is 0 Å². The highest BCUT2D eigenvalue weighted by atomic mass is 35.5. The number of benzene rings is 2. The van der Waals surface area contributed by atoms with Gasteiger partial charge in [0.25, 0.3) is 0 Å². The molecule has 0 aliphatic carbocycles. The van der Waals surface area contributed by atoms with Crippen LogP contribution in [0.2, 0.25) is 5.02 Å². The minimum atomic E-state index is 0.367. The number of rotatable bonds is 6. The van der Waals surface area contributed by atoms with E-state index < -0.39 is 0 Å². The molecule has 0 radical (unpaired) electrons. The lowest BCUT2D eigenvalue weighted by Crippen LogP contribution is -2.19. The van der Waals surface area contributed by atoms with Crippen molar-refractivity contribution in [3.05, 3.63) is 59.1 Å². The second-order valence-electron chi connectivity index (χ2n) is 4.77. The van der Waals surface area contributed by atoms with Gasteiger partial charge in [0, 0.05) is 20.9 Å². The van der Waals surface area contributed by atoms with Crippen molar-refractivity contribution in [3.8, 4) is 0 Å². The predicted molar refractivity (Wildman–Crippen MR) is 88.7 cm³/mol. The maximum Gasteiger partial charge on any atom is 0.0406 e. The Morgan fingerprint density at radius 1 is 1.10 bits per heavy atom. The van der Waals surface area contributed by atoms with Gasteiger partial charge in [-0.2, -0.15) is 0 Å². The van der Waals surface area contributed by atoms with E-state index in [0.717, 1.165) is 18.0 Å². The van der Waals surface area contributed by atoms with Gasteiger partial charge >= 0.3 is 0 Å². The summed E-state index contributed by atoms with van der Waals surface area (Å²) in [4.78, 5) is 2.51. The van der Waals surface area contributed by atoms with Gasteiger partial charge in [-0.1, -0.05) is 48.5 Å². The molecule has 0 fully saturated rings. The SMILES string of the molecule is CCCNC(C)c1ccccc1Sc1ccc(Cl)cc1. The van der Waals surface area contributed by atoms with Crippen molar-refractivity contribution >= 4 is 23.4 Å². The molecule has 0 bridgehead atoms. The van der Waals surface area contributed by atoms with E-state index in [1.54, 1.807) is 11.8 Å². The van der Waals surface area contributed by atoms with E-state index in [2.05, 4.69) is 55.6 Å². The quantitative estimate of drug-likeness (QED) is 0.750. The number of halogens is 1. The second-order valence-corrected chi connectivity index (χ2v) is 6.32. The average Bonchev–Trinajstić information content (AvgIpc) is 2.48. The van der Waals surface area contributed by atoms with Gasteiger partial charge in [-0.25, -0.2) is 0 Å². The first-order chi connectivity index (χ1) is 9.70. The molecule has 0 spiro atoms. The highest BCUT2D eigenvalue weighted by Crippen LogP contribution is 2.33. The summed E-state index contributed by atoms with van der Waals surface area (Å²) < 4.78 is 0. The summed E-state index contributed by atoms with van der Waals surface area (Å²) in [5.74, 6) is 0. The van der Waals surface area contributed by atoms with Crippen molar-refractivity contribution in [2.24, 2.45) is 0 Å². The Labute approximate surface area is 130 Å². The predicted octanol–water partition coefficient (Wildman–Crippen LogP) is 5.55. The first-order valence-corrected chi connectivity index (χ1v) is 8.16. The van der Waals surface area contributed by atoms with Gasteiger partial charge in [0.05, 0.1) is 0 Å². The molecule has 0 aliphatic rings. The molecule has 2 aromatic rings. The topological polar surface area (TPSA) is 12.0 Å². The van der Waals surface area contributed by atoms with Crippen LogP contribution < -0.4 is 5.32 Å². The van der Waals surface area contributed by atoms with Crippen molar-refractivity contribution in [2.45, 2.75) is 36.1 Å². The van der Waals surface area contributed by atoms with Crippen molar-refractivity contribution in [1.82, 2.24) is 5.32 Å². The van der Waals surface area contributed by atoms with E-state index in [1.807, 2.05) is 12.1 Å². The van der Waals surface area contributed by atoms with Crippen LogP contribution in [0.4, 0.5) is 0 Å². The van der Waals surface area contributed by atoms with Gasteiger partial charge in [-0.05, 0) is 55.8 Å². The lowest BCUT2D eigenvalue weighted by molar-refractivity contribution is 0.564. The van der Waals surface area contributed by atoms with Crippen LogP contribution in [0, 0.1) is 0 Å². The third-order valence-electron chi connectivity index (χ3n) is 3.13. The highest BCUT2D eigenvalue weighted by molar-refractivity contribution is 7.99. The molecule has 20 heavy (non-hydrogen) atoms. The van der Waals surface area contributed by atoms with E-state index in [0.29, 0.717) is 6.04 Å². The minimum Gasteiger partial charge on any atom is -0.310 e. The van der Waals surface area contributed by atoms with E-state index in [1.165, 1.54) is 15.4 Å². The zero-order valence-electron chi connectivity index (χ0n) is 11.9. The molecule has 1 unspecified atom stereocenters. The van der Waals surface area contributed by atoms with Gasteiger partial charge in [-0.15, -0.1) is 0 Å². The standard InChI is InChI=1S/C17H20ClNS/c1-3-12-19-13(2)16-6-4-5-7-17(16)20-15-10-8-14(18)9-11-15/h4-11,13,19H,3,12H2,1-2H3. The molecule has 0 amide bonds. The lowest BCUT2D eigenvalue weighted by atomic mass is 10.1.